The Hall–Kier alpha value is -2.53. The topological polar surface area (TPSA) is 53.5 Å². The normalized spacial score (nSPS) is 21.7. The van der Waals surface area contributed by atoms with Crippen LogP contribution in [0.2, 0.25) is 0 Å². The maximum atomic E-state index is 12.7. The number of piperidine rings is 1. The molecule has 0 aliphatic carbocycles. The molecule has 134 valence electrons. The van der Waals surface area contributed by atoms with E-state index in [0.29, 0.717) is 23.7 Å². The largest absolute Gasteiger partial charge is 0.294 e. The third kappa shape index (κ3) is 2.92. The number of hydrogen-bond donors (Lipinski definition) is 0. The minimum atomic E-state index is -0.173. The lowest BCUT2D eigenvalue weighted by atomic mass is 9.96. The molecule has 2 aliphatic heterocycles. The van der Waals surface area contributed by atoms with Gasteiger partial charge in [0.25, 0.3) is 11.8 Å². The van der Waals surface area contributed by atoms with Crippen molar-refractivity contribution in [2.45, 2.75) is 38.3 Å². The number of carbonyl (C=O) groups is 2. The predicted octanol–water partition coefficient (Wildman–Crippen LogP) is 3.29. The summed E-state index contributed by atoms with van der Waals surface area (Å²) in [5.74, 6) is -0.346. The van der Waals surface area contributed by atoms with Crippen molar-refractivity contribution in [3.63, 3.8) is 0 Å². The lowest BCUT2D eigenvalue weighted by Crippen LogP contribution is -2.47. The molecule has 2 unspecified atom stereocenters. The molecule has 1 saturated heterocycles. The van der Waals surface area contributed by atoms with Crippen molar-refractivity contribution in [3.8, 4) is 0 Å². The van der Waals surface area contributed by atoms with Crippen LogP contribution < -0.4 is 0 Å². The van der Waals surface area contributed by atoms with Gasteiger partial charge in [-0.25, -0.2) is 0 Å². The Morgan fingerprint density at radius 1 is 1.08 bits per heavy atom. The Morgan fingerprint density at radius 3 is 2.46 bits per heavy atom. The molecule has 1 aromatic carbocycles. The molecule has 4 rings (SSSR count). The zero-order chi connectivity index (χ0) is 18.1. The molecule has 0 saturated carbocycles. The van der Waals surface area contributed by atoms with Gasteiger partial charge in [-0.05, 0) is 50.1 Å². The number of hydrogen-bond acceptors (Lipinski definition) is 4. The molecule has 0 N–H and O–H groups in total. The number of nitrogens with zero attached hydrogens (tertiary/aromatic N) is 3. The van der Waals surface area contributed by atoms with Crippen molar-refractivity contribution in [2.24, 2.45) is 0 Å². The van der Waals surface area contributed by atoms with Crippen LogP contribution in [0.3, 0.4) is 0 Å². The van der Waals surface area contributed by atoms with Crippen LogP contribution >= 0.6 is 0 Å². The summed E-state index contributed by atoms with van der Waals surface area (Å²) in [6, 6.07) is 11.3. The molecule has 5 nitrogen and oxygen atoms in total. The Bertz CT molecular complexity index is 786. The zero-order valence-corrected chi connectivity index (χ0v) is 15.0. The molecule has 2 atom stereocenters. The van der Waals surface area contributed by atoms with Gasteiger partial charge in [0.05, 0.1) is 17.2 Å². The van der Waals surface area contributed by atoms with Crippen LogP contribution in [0.15, 0.2) is 48.8 Å². The number of benzene rings is 1. The molecule has 3 heterocycles. The average molecular weight is 349 g/mol. The van der Waals surface area contributed by atoms with Gasteiger partial charge in [0, 0.05) is 25.0 Å². The summed E-state index contributed by atoms with van der Waals surface area (Å²) in [6.07, 6.45) is 7.14. The molecule has 2 aliphatic rings. The minimum absolute atomic E-state index is 0.167. The molecule has 0 spiro atoms. The summed E-state index contributed by atoms with van der Waals surface area (Å²) in [6.45, 7) is 3.63. The first-order chi connectivity index (χ1) is 12.7. The number of carbonyl (C=O) groups excluding carboxylic acids is 2. The monoisotopic (exact) mass is 349 g/mol. The van der Waals surface area contributed by atoms with E-state index in [4.69, 9.17) is 0 Å². The summed E-state index contributed by atoms with van der Waals surface area (Å²) in [7, 11) is 0. The molecule has 2 aromatic rings. The van der Waals surface area contributed by atoms with Crippen molar-refractivity contribution in [2.75, 3.05) is 13.1 Å². The fourth-order valence-electron chi connectivity index (χ4n) is 4.19. The zero-order valence-electron chi connectivity index (χ0n) is 15.0. The average Bonchev–Trinajstić information content (AvgIpc) is 2.94. The number of fused-ring (bicyclic) bond motifs is 1. The molecule has 1 aromatic heterocycles. The van der Waals surface area contributed by atoms with Crippen molar-refractivity contribution in [1.29, 1.82) is 0 Å². The predicted molar refractivity (Wildman–Crippen MR) is 98.8 cm³/mol. The van der Waals surface area contributed by atoms with Crippen molar-refractivity contribution >= 4 is 11.8 Å². The van der Waals surface area contributed by atoms with E-state index in [1.807, 2.05) is 19.2 Å². The summed E-state index contributed by atoms with van der Waals surface area (Å²) >= 11 is 0. The highest BCUT2D eigenvalue weighted by Gasteiger charge is 2.39. The Balaban J connectivity index is 1.53. The van der Waals surface area contributed by atoms with Gasteiger partial charge in [-0.2, -0.15) is 0 Å². The van der Waals surface area contributed by atoms with Gasteiger partial charge < -0.3 is 0 Å². The highest BCUT2D eigenvalue weighted by atomic mass is 16.2. The highest BCUT2D eigenvalue weighted by molar-refractivity contribution is 6.21. The van der Waals surface area contributed by atoms with Crippen LogP contribution in [0.4, 0.5) is 0 Å². The van der Waals surface area contributed by atoms with Crippen LogP contribution in [-0.4, -0.2) is 45.7 Å². The Kier molecular flexibility index (Phi) is 4.55. The van der Waals surface area contributed by atoms with E-state index in [2.05, 4.69) is 16.0 Å². The first kappa shape index (κ1) is 16.9. The van der Waals surface area contributed by atoms with E-state index in [9.17, 15) is 9.59 Å². The number of imide groups is 1. The third-order valence-electron chi connectivity index (χ3n) is 5.45. The minimum Gasteiger partial charge on any atom is -0.294 e. The maximum Gasteiger partial charge on any atom is 0.261 e. The molecule has 2 amide bonds. The SMILES string of the molecule is CC(CN1CCCCC1c1cccnc1)N1C(=O)c2ccccc2C1=O. The fourth-order valence-corrected chi connectivity index (χ4v) is 4.19. The molecule has 1 fully saturated rings. The summed E-state index contributed by atoms with van der Waals surface area (Å²) in [5.41, 5.74) is 2.25. The third-order valence-corrected chi connectivity index (χ3v) is 5.45. The summed E-state index contributed by atoms with van der Waals surface area (Å²) < 4.78 is 0. The van der Waals surface area contributed by atoms with Gasteiger partial charge >= 0.3 is 0 Å². The van der Waals surface area contributed by atoms with Crippen LogP contribution in [0.5, 0.6) is 0 Å². The van der Waals surface area contributed by atoms with E-state index in [1.165, 1.54) is 16.9 Å². The van der Waals surface area contributed by atoms with Crippen LogP contribution in [0.25, 0.3) is 0 Å². The van der Waals surface area contributed by atoms with Gasteiger partial charge in [0.2, 0.25) is 0 Å². The maximum absolute atomic E-state index is 12.7. The van der Waals surface area contributed by atoms with E-state index in [1.54, 1.807) is 30.5 Å². The molecule has 0 bridgehead atoms. The second kappa shape index (κ2) is 7.00. The van der Waals surface area contributed by atoms with Gasteiger partial charge in [-0.15, -0.1) is 0 Å². The smallest absolute Gasteiger partial charge is 0.261 e. The number of aromatic nitrogens is 1. The standard InChI is InChI=1S/C21H23N3O2/c1-15(24-20(25)17-8-2-3-9-18(17)21(24)26)14-23-12-5-4-10-19(23)16-7-6-11-22-13-16/h2-3,6-9,11,13,15,19H,4-5,10,12,14H2,1H3. The summed E-state index contributed by atoms with van der Waals surface area (Å²) in [5, 5.41) is 0. The molecule has 5 heteroatoms. The van der Waals surface area contributed by atoms with Gasteiger partial charge in [-0.3, -0.25) is 24.4 Å². The Morgan fingerprint density at radius 2 is 1.81 bits per heavy atom. The van der Waals surface area contributed by atoms with Gasteiger partial charge in [0.1, 0.15) is 0 Å². The van der Waals surface area contributed by atoms with Crippen LogP contribution in [-0.2, 0) is 0 Å². The number of rotatable bonds is 4. The lowest BCUT2D eigenvalue weighted by molar-refractivity contribution is 0.0509. The second-order valence-electron chi connectivity index (χ2n) is 7.17. The number of amides is 2. The number of likely N-dealkylation sites (tertiary alicyclic amines) is 1. The van der Waals surface area contributed by atoms with E-state index < -0.39 is 0 Å². The highest BCUT2D eigenvalue weighted by Crippen LogP contribution is 2.32. The van der Waals surface area contributed by atoms with Crippen molar-refractivity contribution < 1.29 is 9.59 Å². The molecular formula is C21H23N3O2. The number of pyridine rings is 1. The van der Waals surface area contributed by atoms with E-state index in [-0.39, 0.29) is 17.9 Å². The molecule has 26 heavy (non-hydrogen) atoms. The van der Waals surface area contributed by atoms with Crippen LogP contribution in [0, 0.1) is 0 Å². The Labute approximate surface area is 153 Å². The fraction of sp³-hybridized carbons (Fsp3) is 0.381. The van der Waals surface area contributed by atoms with Gasteiger partial charge in [0.15, 0.2) is 0 Å². The molecule has 0 radical (unpaired) electrons. The van der Waals surface area contributed by atoms with E-state index in [0.717, 1.165) is 19.4 Å². The first-order valence-electron chi connectivity index (χ1n) is 9.27. The molecular weight excluding hydrogens is 326 g/mol. The van der Waals surface area contributed by atoms with Crippen molar-refractivity contribution in [3.05, 3.63) is 65.5 Å². The first-order valence-corrected chi connectivity index (χ1v) is 9.27. The quantitative estimate of drug-likeness (QED) is 0.795. The second-order valence-corrected chi connectivity index (χ2v) is 7.17. The van der Waals surface area contributed by atoms with Crippen LogP contribution in [0.1, 0.15) is 58.5 Å². The van der Waals surface area contributed by atoms with Crippen molar-refractivity contribution in [1.82, 2.24) is 14.8 Å². The van der Waals surface area contributed by atoms with Gasteiger partial charge in [-0.1, -0.05) is 24.6 Å². The lowest BCUT2D eigenvalue weighted by Gasteiger charge is -2.38. The van der Waals surface area contributed by atoms with E-state index >= 15 is 0 Å². The summed E-state index contributed by atoms with van der Waals surface area (Å²) in [4.78, 5) is 33.5.